The van der Waals surface area contributed by atoms with Crippen LogP contribution >= 0.6 is 0 Å². The van der Waals surface area contributed by atoms with Crippen LogP contribution in [0.4, 0.5) is 28.7 Å². The summed E-state index contributed by atoms with van der Waals surface area (Å²) in [6, 6.07) is 11.9. The number of aromatic amines is 1. The van der Waals surface area contributed by atoms with Gasteiger partial charge in [0.1, 0.15) is 17.5 Å². The standard InChI is InChI=1S/C29H29N9O2/c1-16-11-25(33-17(2)32-16)36-26-12-23(27-21(35-26)7-9-30-29(27)39)34-22-6-4-5-19-20-13-31-38(18-8-10-40-15-18)24(20)14-37(3)28(19)22/h4-7,9,11-13,18H,8,10,14-15H2,1-3H3,(H,30,39)(H2,32,33,34,35,36). The average Bonchev–Trinajstić information content (AvgIpc) is 3.58. The number of nitrogens with zero attached hydrogens (tertiary/aromatic N) is 6. The molecule has 6 heterocycles. The molecule has 5 aromatic rings. The van der Waals surface area contributed by atoms with E-state index < -0.39 is 0 Å². The summed E-state index contributed by atoms with van der Waals surface area (Å²) in [4.78, 5) is 31.5. The van der Waals surface area contributed by atoms with Crippen molar-refractivity contribution >= 4 is 39.6 Å². The summed E-state index contributed by atoms with van der Waals surface area (Å²) in [6.07, 6.45) is 4.54. The van der Waals surface area contributed by atoms with Crippen LogP contribution in [-0.4, -0.2) is 50.0 Å². The highest BCUT2D eigenvalue weighted by atomic mass is 16.5. The van der Waals surface area contributed by atoms with Crippen LogP contribution in [0.15, 0.2) is 53.6 Å². The number of benzene rings is 1. The first-order valence-electron chi connectivity index (χ1n) is 13.3. The highest BCUT2D eigenvalue weighted by Crippen LogP contribution is 2.45. The number of ether oxygens (including phenoxy) is 1. The van der Waals surface area contributed by atoms with E-state index in [-0.39, 0.29) is 11.6 Å². The number of pyridine rings is 2. The highest BCUT2D eigenvalue weighted by molar-refractivity contribution is 5.98. The molecule has 7 rings (SSSR count). The maximum atomic E-state index is 13.0. The van der Waals surface area contributed by atoms with Crippen LogP contribution in [0.5, 0.6) is 0 Å². The second-order valence-electron chi connectivity index (χ2n) is 10.3. The maximum Gasteiger partial charge on any atom is 0.259 e. The maximum absolute atomic E-state index is 13.0. The van der Waals surface area contributed by atoms with Crippen molar-refractivity contribution in [2.24, 2.45) is 0 Å². The molecule has 0 bridgehead atoms. The molecule has 0 aliphatic carbocycles. The van der Waals surface area contributed by atoms with Crippen LogP contribution in [0.25, 0.3) is 22.0 Å². The van der Waals surface area contributed by atoms with E-state index in [0.29, 0.717) is 47.2 Å². The predicted molar refractivity (Wildman–Crippen MR) is 155 cm³/mol. The molecule has 4 aromatic heterocycles. The fourth-order valence-electron chi connectivity index (χ4n) is 5.79. The molecule has 202 valence electrons. The molecule has 3 N–H and O–H groups in total. The van der Waals surface area contributed by atoms with Crippen molar-refractivity contribution in [1.82, 2.24) is 29.7 Å². The fraction of sp³-hybridized carbons (Fsp3) is 0.276. The van der Waals surface area contributed by atoms with Gasteiger partial charge < -0.3 is 25.3 Å². The molecular formula is C29H29N9O2. The van der Waals surface area contributed by atoms with Gasteiger partial charge in [-0.3, -0.25) is 9.48 Å². The van der Waals surface area contributed by atoms with Crippen LogP contribution in [0.3, 0.4) is 0 Å². The van der Waals surface area contributed by atoms with E-state index in [0.717, 1.165) is 41.2 Å². The summed E-state index contributed by atoms with van der Waals surface area (Å²) in [7, 11) is 2.08. The number of fused-ring (bicyclic) bond motifs is 4. The second-order valence-corrected chi connectivity index (χ2v) is 10.3. The molecule has 0 saturated carbocycles. The molecule has 11 nitrogen and oxygen atoms in total. The third-order valence-electron chi connectivity index (χ3n) is 7.47. The molecule has 0 radical (unpaired) electrons. The quantitative estimate of drug-likeness (QED) is 0.296. The third kappa shape index (κ3) is 4.15. The van der Waals surface area contributed by atoms with E-state index in [1.807, 2.05) is 44.3 Å². The van der Waals surface area contributed by atoms with Gasteiger partial charge in [0.05, 0.1) is 59.0 Å². The smallest absolute Gasteiger partial charge is 0.259 e. The number of hydrogen-bond acceptors (Lipinski definition) is 9. The number of aryl methyl sites for hydroxylation is 2. The fourth-order valence-corrected chi connectivity index (χ4v) is 5.79. The van der Waals surface area contributed by atoms with Crippen molar-refractivity contribution in [2.45, 2.75) is 32.9 Å². The van der Waals surface area contributed by atoms with Gasteiger partial charge in [0, 0.05) is 48.8 Å². The Morgan fingerprint density at radius 2 is 1.90 bits per heavy atom. The number of aromatic nitrogens is 6. The van der Waals surface area contributed by atoms with Gasteiger partial charge in [0.25, 0.3) is 5.56 Å². The summed E-state index contributed by atoms with van der Waals surface area (Å²) in [6.45, 7) is 5.96. The van der Waals surface area contributed by atoms with Crippen molar-refractivity contribution in [1.29, 1.82) is 0 Å². The summed E-state index contributed by atoms with van der Waals surface area (Å²) >= 11 is 0. The lowest BCUT2D eigenvalue weighted by Crippen LogP contribution is -2.26. The first-order valence-corrected chi connectivity index (χ1v) is 13.3. The minimum absolute atomic E-state index is 0.215. The van der Waals surface area contributed by atoms with Crippen LogP contribution in [0.2, 0.25) is 0 Å². The largest absolute Gasteiger partial charge is 0.379 e. The topological polar surface area (TPSA) is 126 Å². The summed E-state index contributed by atoms with van der Waals surface area (Å²) in [5.74, 6) is 1.88. The Labute approximate surface area is 230 Å². The summed E-state index contributed by atoms with van der Waals surface area (Å²) < 4.78 is 7.76. The molecular weight excluding hydrogens is 506 g/mol. The van der Waals surface area contributed by atoms with Crippen LogP contribution in [0, 0.1) is 13.8 Å². The first kappa shape index (κ1) is 24.3. The average molecular weight is 536 g/mol. The number of anilines is 5. The Hall–Kier alpha value is -4.77. The molecule has 1 unspecified atom stereocenters. The van der Waals surface area contributed by atoms with Gasteiger partial charge in [-0.25, -0.2) is 15.0 Å². The van der Waals surface area contributed by atoms with Gasteiger partial charge in [-0.2, -0.15) is 5.10 Å². The lowest BCUT2D eigenvalue weighted by Gasteiger charge is -2.31. The van der Waals surface area contributed by atoms with Crippen LogP contribution in [-0.2, 0) is 11.3 Å². The number of rotatable bonds is 5. The van der Waals surface area contributed by atoms with Gasteiger partial charge >= 0.3 is 0 Å². The number of H-pyrrole nitrogens is 1. The molecule has 1 saturated heterocycles. The minimum Gasteiger partial charge on any atom is -0.379 e. The van der Waals surface area contributed by atoms with Crippen molar-refractivity contribution in [2.75, 3.05) is 35.8 Å². The Bertz CT molecular complexity index is 1800. The molecule has 2 aliphatic rings. The zero-order valence-corrected chi connectivity index (χ0v) is 22.5. The second kappa shape index (κ2) is 9.45. The monoisotopic (exact) mass is 535 g/mol. The predicted octanol–water partition coefficient (Wildman–Crippen LogP) is 4.59. The Morgan fingerprint density at radius 1 is 1.02 bits per heavy atom. The van der Waals surface area contributed by atoms with E-state index in [4.69, 9.17) is 14.8 Å². The van der Waals surface area contributed by atoms with Crippen LogP contribution in [0.1, 0.15) is 29.7 Å². The number of para-hydroxylation sites is 1. The molecule has 2 aliphatic heterocycles. The van der Waals surface area contributed by atoms with Gasteiger partial charge in [-0.15, -0.1) is 0 Å². The van der Waals surface area contributed by atoms with E-state index in [1.165, 1.54) is 5.69 Å². The van der Waals surface area contributed by atoms with Crippen molar-refractivity contribution in [3.63, 3.8) is 0 Å². The van der Waals surface area contributed by atoms with Gasteiger partial charge in [0.2, 0.25) is 0 Å². The van der Waals surface area contributed by atoms with Crippen molar-refractivity contribution in [3.05, 3.63) is 76.4 Å². The molecule has 1 aromatic carbocycles. The summed E-state index contributed by atoms with van der Waals surface area (Å²) in [5, 5.41) is 12.1. The van der Waals surface area contributed by atoms with Gasteiger partial charge in [0.15, 0.2) is 0 Å². The van der Waals surface area contributed by atoms with E-state index >= 15 is 0 Å². The third-order valence-corrected chi connectivity index (χ3v) is 7.47. The molecule has 40 heavy (non-hydrogen) atoms. The van der Waals surface area contributed by atoms with E-state index in [1.54, 1.807) is 12.3 Å². The number of nitrogens with one attached hydrogen (secondary N) is 3. The lowest BCUT2D eigenvalue weighted by atomic mass is 9.97. The molecule has 0 amide bonds. The SMILES string of the molecule is Cc1cc(Nc2cc(Nc3cccc4c3N(C)Cc3c-4cnn3C3CCOC3)c3c(=O)[nH]ccc3n2)nc(C)n1. The number of hydrogen-bond donors (Lipinski definition) is 3. The van der Waals surface area contributed by atoms with Gasteiger partial charge in [-0.1, -0.05) is 12.1 Å². The van der Waals surface area contributed by atoms with E-state index in [2.05, 4.69) is 48.3 Å². The molecule has 0 spiro atoms. The van der Waals surface area contributed by atoms with Crippen LogP contribution < -0.4 is 21.1 Å². The normalized spacial score (nSPS) is 16.2. The zero-order valence-electron chi connectivity index (χ0n) is 22.5. The Kier molecular flexibility index (Phi) is 5.74. The van der Waals surface area contributed by atoms with E-state index in [9.17, 15) is 4.79 Å². The molecule has 1 atom stereocenters. The van der Waals surface area contributed by atoms with Crippen molar-refractivity contribution < 1.29 is 4.74 Å². The summed E-state index contributed by atoms with van der Waals surface area (Å²) in [5.41, 5.74) is 7.19. The van der Waals surface area contributed by atoms with Crippen molar-refractivity contribution in [3.8, 4) is 11.1 Å². The lowest BCUT2D eigenvalue weighted by molar-refractivity contribution is 0.184. The Balaban J connectivity index is 1.31. The first-order chi connectivity index (χ1) is 19.4. The minimum atomic E-state index is -0.215. The van der Waals surface area contributed by atoms with Gasteiger partial charge in [-0.05, 0) is 32.4 Å². The highest BCUT2D eigenvalue weighted by Gasteiger charge is 2.30. The Morgan fingerprint density at radius 3 is 2.73 bits per heavy atom. The molecule has 1 fully saturated rings. The molecule has 11 heteroatoms. The zero-order chi connectivity index (χ0) is 27.4.